The van der Waals surface area contributed by atoms with E-state index in [1.807, 2.05) is 11.6 Å². The van der Waals surface area contributed by atoms with Crippen molar-refractivity contribution >= 4 is 26.9 Å². The predicted molar refractivity (Wildman–Crippen MR) is 78.4 cm³/mol. The Hall–Kier alpha value is -1.41. The van der Waals surface area contributed by atoms with Crippen LogP contribution in [-0.2, 0) is 20.8 Å². The molecule has 0 unspecified atom stereocenters. The van der Waals surface area contributed by atoms with Gasteiger partial charge < -0.3 is 5.32 Å². The van der Waals surface area contributed by atoms with Gasteiger partial charge in [0.2, 0.25) is 0 Å². The Balaban J connectivity index is 2.56. The topological polar surface area (TPSA) is 92.3 Å². The summed E-state index contributed by atoms with van der Waals surface area (Å²) < 4.78 is 36.8. The Labute approximate surface area is 121 Å². The van der Waals surface area contributed by atoms with Crippen molar-refractivity contribution in [3.05, 3.63) is 29.8 Å². The van der Waals surface area contributed by atoms with E-state index in [0.717, 1.165) is 5.56 Å². The van der Waals surface area contributed by atoms with Gasteiger partial charge in [-0.15, -0.1) is 0 Å². The van der Waals surface area contributed by atoms with Crippen molar-refractivity contribution < 1.29 is 17.4 Å². The predicted octanol–water partition coefficient (Wildman–Crippen LogP) is 0.752. The van der Waals surface area contributed by atoms with Crippen LogP contribution in [0.2, 0.25) is 0 Å². The van der Waals surface area contributed by atoms with Gasteiger partial charge in [0.25, 0.3) is 10.0 Å². The third kappa shape index (κ3) is 5.30. The molecular weight excluding hydrogens is 300 g/mol. The van der Waals surface area contributed by atoms with E-state index in [4.69, 9.17) is 0 Å². The largest absolute Gasteiger partial charge is 0.336 e. The van der Waals surface area contributed by atoms with Crippen LogP contribution in [0.3, 0.4) is 0 Å². The van der Waals surface area contributed by atoms with Crippen molar-refractivity contribution in [2.45, 2.75) is 18.7 Å². The lowest BCUT2D eigenvalue weighted by Gasteiger charge is -2.08. The molecule has 0 radical (unpaired) electrons. The van der Waals surface area contributed by atoms with Gasteiger partial charge in [-0.25, -0.2) is 17.9 Å². The summed E-state index contributed by atoms with van der Waals surface area (Å²) in [5.74, 6) is 0.805. The summed E-state index contributed by atoms with van der Waals surface area (Å²) in [5, 5.41) is 2.36. The van der Waals surface area contributed by atoms with Crippen molar-refractivity contribution in [1.82, 2.24) is 10.0 Å². The zero-order valence-corrected chi connectivity index (χ0v) is 13.0. The number of aryl methyl sites for hydroxylation is 1. The first kappa shape index (κ1) is 16.6. The van der Waals surface area contributed by atoms with Gasteiger partial charge >= 0.3 is 6.03 Å². The summed E-state index contributed by atoms with van der Waals surface area (Å²) >= 11 is 0. The first-order valence-corrected chi connectivity index (χ1v) is 9.04. The molecule has 6 nitrogen and oxygen atoms in total. The fourth-order valence-electron chi connectivity index (χ4n) is 1.36. The number of amides is 2. The van der Waals surface area contributed by atoms with E-state index in [2.05, 4.69) is 5.32 Å². The van der Waals surface area contributed by atoms with Crippen LogP contribution < -0.4 is 10.0 Å². The summed E-state index contributed by atoms with van der Waals surface area (Å²) in [4.78, 5) is 11.5. The third-order valence-electron chi connectivity index (χ3n) is 2.50. The number of carbonyl (C=O) groups is 1. The summed E-state index contributed by atoms with van der Waals surface area (Å²) in [6.45, 7) is 3.78. The van der Waals surface area contributed by atoms with Gasteiger partial charge in [-0.2, -0.15) is 0 Å². The van der Waals surface area contributed by atoms with Gasteiger partial charge in [0.15, 0.2) is 0 Å². The molecule has 0 saturated carbocycles. The van der Waals surface area contributed by atoms with E-state index in [1.54, 1.807) is 19.1 Å². The van der Waals surface area contributed by atoms with Gasteiger partial charge in [-0.1, -0.05) is 24.6 Å². The summed E-state index contributed by atoms with van der Waals surface area (Å²) in [7, 11) is -4.87. The Kier molecular flexibility index (Phi) is 6.15. The maximum Gasteiger partial charge on any atom is 0.328 e. The molecule has 2 amide bonds. The van der Waals surface area contributed by atoms with Crippen molar-refractivity contribution in [3.8, 4) is 0 Å². The molecule has 0 aliphatic heterocycles. The zero-order chi connectivity index (χ0) is 15.2. The molecule has 1 aromatic carbocycles. The molecule has 0 heterocycles. The van der Waals surface area contributed by atoms with Crippen LogP contribution >= 0.6 is 0 Å². The van der Waals surface area contributed by atoms with Gasteiger partial charge in [-0.05, 0) is 19.1 Å². The molecule has 0 aromatic heterocycles. The van der Waals surface area contributed by atoms with Crippen LogP contribution in [0.25, 0.3) is 0 Å². The first-order chi connectivity index (χ1) is 9.35. The molecule has 1 atom stereocenters. The second kappa shape index (κ2) is 7.39. The summed E-state index contributed by atoms with van der Waals surface area (Å²) in [6.07, 6.45) is 0. The molecule has 0 fully saturated rings. The van der Waals surface area contributed by atoms with Crippen LogP contribution in [0.15, 0.2) is 29.2 Å². The first-order valence-electron chi connectivity index (χ1n) is 6.07. The SMILES string of the molecule is CC[S@@](=O)CCNC(=O)NS(=O)(=O)c1ccc(C)cc1. The van der Waals surface area contributed by atoms with E-state index in [-0.39, 0.29) is 11.4 Å². The Morgan fingerprint density at radius 3 is 2.40 bits per heavy atom. The number of hydrogen-bond acceptors (Lipinski definition) is 4. The fraction of sp³-hybridized carbons (Fsp3) is 0.417. The monoisotopic (exact) mass is 318 g/mol. The standard InChI is InChI=1S/C12H18N2O4S2/c1-3-19(16)9-8-13-12(15)14-20(17,18)11-6-4-10(2)5-7-11/h4-7H,3,8-9H2,1-2H3,(H2,13,14,15)/t19-/m1/s1. The molecule has 0 saturated heterocycles. The molecule has 0 spiro atoms. The highest BCUT2D eigenvalue weighted by atomic mass is 32.2. The van der Waals surface area contributed by atoms with Crippen LogP contribution in [0, 0.1) is 6.92 Å². The lowest BCUT2D eigenvalue weighted by molar-refractivity contribution is 0.246. The lowest BCUT2D eigenvalue weighted by Crippen LogP contribution is -2.40. The Morgan fingerprint density at radius 2 is 1.85 bits per heavy atom. The van der Waals surface area contributed by atoms with Crippen molar-refractivity contribution in [2.75, 3.05) is 18.1 Å². The molecule has 2 N–H and O–H groups in total. The smallest absolute Gasteiger partial charge is 0.328 e. The summed E-state index contributed by atoms with van der Waals surface area (Å²) in [5.41, 5.74) is 0.926. The molecule has 1 rings (SSSR count). The molecule has 20 heavy (non-hydrogen) atoms. The molecule has 8 heteroatoms. The number of nitrogens with one attached hydrogen (secondary N) is 2. The van der Waals surface area contributed by atoms with E-state index < -0.39 is 26.9 Å². The minimum atomic E-state index is -3.87. The van der Waals surface area contributed by atoms with Crippen molar-refractivity contribution in [1.29, 1.82) is 0 Å². The number of benzene rings is 1. The number of carbonyl (C=O) groups excluding carboxylic acids is 1. The molecule has 1 aromatic rings. The van der Waals surface area contributed by atoms with Gasteiger partial charge in [0.1, 0.15) is 0 Å². The third-order valence-corrected chi connectivity index (χ3v) is 5.15. The highest BCUT2D eigenvalue weighted by Gasteiger charge is 2.16. The maximum atomic E-state index is 11.9. The fourth-order valence-corrected chi connectivity index (χ4v) is 2.90. The van der Waals surface area contributed by atoms with Crippen LogP contribution in [0.5, 0.6) is 0 Å². The average Bonchev–Trinajstić information content (AvgIpc) is 2.38. The Bertz CT molecular complexity index is 582. The Morgan fingerprint density at radius 1 is 1.25 bits per heavy atom. The molecule has 0 aliphatic carbocycles. The van der Waals surface area contributed by atoms with Crippen molar-refractivity contribution in [3.63, 3.8) is 0 Å². The van der Waals surface area contributed by atoms with Crippen LogP contribution in [-0.4, -0.2) is 36.7 Å². The highest BCUT2D eigenvalue weighted by Crippen LogP contribution is 2.09. The average molecular weight is 318 g/mol. The second-order valence-corrected chi connectivity index (χ2v) is 7.65. The number of urea groups is 1. The van der Waals surface area contributed by atoms with Gasteiger partial charge in [-0.3, -0.25) is 4.21 Å². The normalized spacial score (nSPS) is 12.7. The van der Waals surface area contributed by atoms with Crippen molar-refractivity contribution in [2.24, 2.45) is 0 Å². The lowest BCUT2D eigenvalue weighted by atomic mass is 10.2. The minimum absolute atomic E-state index is 0.0235. The molecule has 112 valence electrons. The van der Waals surface area contributed by atoms with Gasteiger partial charge in [0.05, 0.1) is 4.90 Å². The number of hydrogen-bond donors (Lipinski definition) is 2. The summed E-state index contributed by atoms with van der Waals surface area (Å²) in [6, 6.07) is 5.33. The minimum Gasteiger partial charge on any atom is -0.336 e. The number of rotatable bonds is 6. The molecular formula is C12H18N2O4S2. The molecule has 0 aliphatic rings. The van der Waals surface area contributed by atoms with E-state index in [1.165, 1.54) is 12.1 Å². The maximum absolute atomic E-state index is 11.9. The second-order valence-electron chi connectivity index (χ2n) is 4.11. The van der Waals surface area contributed by atoms with Gasteiger partial charge in [0, 0.05) is 28.9 Å². The zero-order valence-electron chi connectivity index (χ0n) is 11.4. The van der Waals surface area contributed by atoms with E-state index >= 15 is 0 Å². The van der Waals surface area contributed by atoms with Crippen LogP contribution in [0.4, 0.5) is 4.79 Å². The van der Waals surface area contributed by atoms with E-state index in [9.17, 15) is 17.4 Å². The van der Waals surface area contributed by atoms with Crippen LogP contribution in [0.1, 0.15) is 12.5 Å². The molecule has 0 bridgehead atoms. The quantitative estimate of drug-likeness (QED) is 0.809. The van der Waals surface area contributed by atoms with E-state index in [0.29, 0.717) is 11.5 Å². The number of sulfonamides is 1. The highest BCUT2D eigenvalue weighted by molar-refractivity contribution is 7.90.